The maximum atomic E-state index is 12.6. The van der Waals surface area contributed by atoms with Gasteiger partial charge in [0.05, 0.1) is 5.52 Å². The zero-order valence-corrected chi connectivity index (χ0v) is 15.1. The van der Waals surface area contributed by atoms with Gasteiger partial charge in [0.15, 0.2) is 5.58 Å². The van der Waals surface area contributed by atoms with Crippen molar-refractivity contribution in [3.8, 4) is 0 Å². The van der Waals surface area contributed by atoms with Crippen LogP contribution in [0.4, 0.5) is 0 Å². The minimum atomic E-state index is -0.430. The average molecular weight is 360 g/mol. The van der Waals surface area contributed by atoms with E-state index >= 15 is 0 Å². The first-order chi connectivity index (χ1) is 13.1. The van der Waals surface area contributed by atoms with Gasteiger partial charge in [0.1, 0.15) is 0 Å². The highest BCUT2D eigenvalue weighted by Gasteiger charge is 2.14. The van der Waals surface area contributed by atoms with E-state index in [4.69, 9.17) is 4.42 Å². The molecule has 136 valence electrons. The lowest BCUT2D eigenvalue weighted by Crippen LogP contribution is -2.28. The molecular formula is C22H20N2O3. The van der Waals surface area contributed by atoms with Crippen LogP contribution in [-0.4, -0.2) is 22.4 Å². The lowest BCUT2D eigenvalue weighted by atomic mass is 10.0. The van der Waals surface area contributed by atoms with Crippen molar-refractivity contribution in [2.24, 2.45) is 0 Å². The Balaban J connectivity index is 1.48. The monoisotopic (exact) mass is 360 g/mol. The number of hydrogen-bond acceptors (Lipinski definition) is 3. The molecule has 0 aliphatic carbocycles. The number of oxazole rings is 1. The molecule has 5 heteroatoms. The minimum Gasteiger partial charge on any atom is -0.408 e. The summed E-state index contributed by atoms with van der Waals surface area (Å²) in [6.07, 6.45) is 0.241. The van der Waals surface area contributed by atoms with Gasteiger partial charge in [-0.05, 0) is 28.5 Å². The molecule has 4 aromatic rings. The molecule has 3 aromatic carbocycles. The number of aromatic nitrogens is 1. The molecule has 0 spiro atoms. The summed E-state index contributed by atoms with van der Waals surface area (Å²) in [7, 11) is 1.79. The molecule has 1 amide bonds. The van der Waals surface area contributed by atoms with Crippen LogP contribution in [0.2, 0.25) is 0 Å². The topological polar surface area (TPSA) is 55.5 Å². The van der Waals surface area contributed by atoms with Gasteiger partial charge in [0.25, 0.3) is 0 Å². The quantitative estimate of drug-likeness (QED) is 0.544. The summed E-state index contributed by atoms with van der Waals surface area (Å²) in [6.45, 7) is 0.829. The van der Waals surface area contributed by atoms with Gasteiger partial charge >= 0.3 is 5.76 Å². The van der Waals surface area contributed by atoms with Gasteiger partial charge in [0, 0.05) is 26.6 Å². The highest BCUT2D eigenvalue weighted by atomic mass is 16.4. The lowest BCUT2D eigenvalue weighted by molar-refractivity contribution is -0.130. The summed E-state index contributed by atoms with van der Waals surface area (Å²) in [5.74, 6) is -0.444. The molecule has 27 heavy (non-hydrogen) atoms. The normalized spacial score (nSPS) is 11.1. The van der Waals surface area contributed by atoms with Gasteiger partial charge in [0.2, 0.25) is 5.91 Å². The van der Waals surface area contributed by atoms with Crippen molar-refractivity contribution in [3.05, 3.63) is 82.8 Å². The van der Waals surface area contributed by atoms with Gasteiger partial charge in [-0.1, -0.05) is 54.6 Å². The zero-order chi connectivity index (χ0) is 18.8. The fourth-order valence-electron chi connectivity index (χ4n) is 3.40. The van der Waals surface area contributed by atoms with Crippen molar-refractivity contribution in [1.29, 1.82) is 0 Å². The van der Waals surface area contributed by atoms with E-state index in [0.29, 0.717) is 24.2 Å². The molecule has 0 unspecified atom stereocenters. The number of rotatable bonds is 5. The summed E-state index contributed by atoms with van der Waals surface area (Å²) >= 11 is 0. The van der Waals surface area contributed by atoms with Crippen LogP contribution in [-0.2, 0) is 17.9 Å². The molecule has 0 aliphatic rings. The van der Waals surface area contributed by atoms with Crippen LogP contribution >= 0.6 is 0 Å². The Bertz CT molecular complexity index is 1170. The van der Waals surface area contributed by atoms with Gasteiger partial charge in [-0.2, -0.15) is 0 Å². The fourth-order valence-corrected chi connectivity index (χ4v) is 3.40. The number of carbonyl (C=O) groups is 1. The van der Waals surface area contributed by atoms with Gasteiger partial charge < -0.3 is 9.32 Å². The van der Waals surface area contributed by atoms with Crippen molar-refractivity contribution < 1.29 is 9.21 Å². The predicted molar refractivity (Wildman–Crippen MR) is 106 cm³/mol. The molecule has 1 heterocycles. The minimum absolute atomic E-state index is 0.0138. The Hall–Kier alpha value is -3.34. The van der Waals surface area contributed by atoms with Gasteiger partial charge in [-0.25, -0.2) is 4.79 Å². The first-order valence-corrected chi connectivity index (χ1v) is 8.92. The molecule has 0 saturated heterocycles. The number of fused-ring (bicyclic) bond motifs is 2. The van der Waals surface area contributed by atoms with Crippen molar-refractivity contribution >= 4 is 27.8 Å². The van der Waals surface area contributed by atoms with E-state index in [1.807, 2.05) is 42.5 Å². The number of amides is 1. The Morgan fingerprint density at radius 2 is 1.74 bits per heavy atom. The van der Waals surface area contributed by atoms with Crippen molar-refractivity contribution in [1.82, 2.24) is 9.47 Å². The fraction of sp³-hybridized carbons (Fsp3) is 0.182. The smallest absolute Gasteiger partial charge is 0.408 e. The molecule has 4 rings (SSSR count). The van der Waals surface area contributed by atoms with Crippen LogP contribution in [0.25, 0.3) is 21.9 Å². The van der Waals surface area contributed by atoms with Crippen LogP contribution < -0.4 is 5.76 Å². The van der Waals surface area contributed by atoms with E-state index < -0.39 is 5.76 Å². The molecule has 0 saturated carbocycles. The maximum absolute atomic E-state index is 12.6. The SMILES string of the molecule is CN(Cc1cccc2ccccc12)C(=O)CCn1c(=O)oc2ccccc21. The number of carbonyl (C=O) groups excluding carboxylic acids is 1. The van der Waals surface area contributed by atoms with E-state index in [1.54, 1.807) is 18.0 Å². The summed E-state index contributed by atoms with van der Waals surface area (Å²) in [5.41, 5.74) is 2.36. The highest BCUT2D eigenvalue weighted by molar-refractivity contribution is 5.86. The molecule has 0 fully saturated rings. The second kappa shape index (κ2) is 7.11. The first kappa shape index (κ1) is 17.1. The number of hydrogen-bond donors (Lipinski definition) is 0. The van der Waals surface area contributed by atoms with Crippen molar-refractivity contribution in [2.45, 2.75) is 19.5 Å². The molecular weight excluding hydrogens is 340 g/mol. The number of para-hydroxylation sites is 2. The number of benzene rings is 3. The van der Waals surface area contributed by atoms with Crippen LogP contribution in [0.3, 0.4) is 0 Å². The molecule has 0 atom stereocenters. The summed E-state index contributed by atoms with van der Waals surface area (Å²) in [5, 5.41) is 2.31. The molecule has 0 N–H and O–H groups in total. The Morgan fingerprint density at radius 3 is 2.63 bits per heavy atom. The number of aryl methyl sites for hydroxylation is 1. The second-order valence-electron chi connectivity index (χ2n) is 6.63. The molecule has 5 nitrogen and oxygen atoms in total. The van der Waals surface area contributed by atoms with Crippen LogP contribution in [0.15, 0.2) is 75.9 Å². The van der Waals surface area contributed by atoms with Crippen LogP contribution in [0.5, 0.6) is 0 Å². The van der Waals surface area contributed by atoms with Crippen LogP contribution in [0, 0.1) is 0 Å². The van der Waals surface area contributed by atoms with E-state index in [9.17, 15) is 9.59 Å². The highest BCUT2D eigenvalue weighted by Crippen LogP contribution is 2.20. The zero-order valence-electron chi connectivity index (χ0n) is 15.1. The molecule has 0 aliphatic heterocycles. The van der Waals surface area contributed by atoms with Crippen molar-refractivity contribution in [3.63, 3.8) is 0 Å². The first-order valence-electron chi connectivity index (χ1n) is 8.92. The number of nitrogens with zero attached hydrogens (tertiary/aromatic N) is 2. The Morgan fingerprint density at radius 1 is 1.00 bits per heavy atom. The lowest BCUT2D eigenvalue weighted by Gasteiger charge is -2.18. The summed E-state index contributed by atoms with van der Waals surface area (Å²) < 4.78 is 6.73. The van der Waals surface area contributed by atoms with Crippen LogP contribution in [0.1, 0.15) is 12.0 Å². The average Bonchev–Trinajstić information content (AvgIpc) is 3.01. The van der Waals surface area contributed by atoms with E-state index in [2.05, 4.69) is 18.2 Å². The Labute approximate surface area is 156 Å². The molecule has 1 aromatic heterocycles. The molecule has 0 bridgehead atoms. The van der Waals surface area contributed by atoms with Gasteiger partial charge in [-0.3, -0.25) is 9.36 Å². The van der Waals surface area contributed by atoms with E-state index in [1.165, 1.54) is 4.57 Å². The second-order valence-corrected chi connectivity index (χ2v) is 6.63. The third-order valence-electron chi connectivity index (χ3n) is 4.84. The Kier molecular flexibility index (Phi) is 4.50. The van der Waals surface area contributed by atoms with E-state index in [0.717, 1.165) is 16.3 Å². The third-order valence-corrected chi connectivity index (χ3v) is 4.84. The summed E-state index contributed by atoms with van der Waals surface area (Å²) in [4.78, 5) is 26.3. The standard InChI is InChI=1S/C22H20N2O3/c1-23(15-17-9-6-8-16-7-2-3-10-18(16)17)21(25)13-14-24-19-11-4-5-12-20(19)27-22(24)26/h2-12H,13-15H2,1H3. The van der Waals surface area contributed by atoms with E-state index in [-0.39, 0.29) is 12.3 Å². The summed E-state index contributed by atoms with van der Waals surface area (Å²) in [6, 6.07) is 21.5. The third kappa shape index (κ3) is 3.36. The van der Waals surface area contributed by atoms with Crippen molar-refractivity contribution in [2.75, 3.05) is 7.05 Å². The predicted octanol–water partition coefficient (Wildman–Crippen LogP) is 3.80. The molecule has 0 radical (unpaired) electrons. The largest absolute Gasteiger partial charge is 0.419 e. The maximum Gasteiger partial charge on any atom is 0.419 e. The van der Waals surface area contributed by atoms with Gasteiger partial charge in [-0.15, -0.1) is 0 Å².